The van der Waals surface area contributed by atoms with E-state index in [9.17, 15) is 14.7 Å². The van der Waals surface area contributed by atoms with Crippen molar-refractivity contribution in [2.45, 2.75) is 45.3 Å². The summed E-state index contributed by atoms with van der Waals surface area (Å²) in [6, 6.07) is 13.4. The highest BCUT2D eigenvalue weighted by atomic mass is 16.5. The molecule has 2 aromatic carbocycles. The average Bonchev–Trinajstić information content (AvgIpc) is 3.37. The molecule has 37 heavy (non-hydrogen) atoms. The standard InChI is InChI=1S/C28H34N4O5/c1-36-25-8-7-22(15-24(25)19-32-12-5-11-30-32)17-31-18-23-14-21(16-28(34)35)6-9-26(23)37-13-4-2-3-10-29-27(33)20-31/h5-9,11-12,14-15H,2-4,10,13,16-20H2,1H3,(H,29,33)(H,34,35). The lowest BCUT2D eigenvalue weighted by molar-refractivity contribution is -0.136. The van der Waals surface area contributed by atoms with E-state index in [1.54, 1.807) is 19.4 Å². The number of methoxy groups -OCH3 is 1. The fourth-order valence-electron chi connectivity index (χ4n) is 4.54. The number of hydrogen-bond acceptors (Lipinski definition) is 6. The van der Waals surface area contributed by atoms with Gasteiger partial charge in [0.15, 0.2) is 0 Å². The first-order chi connectivity index (χ1) is 18.0. The predicted octanol–water partition coefficient (Wildman–Crippen LogP) is 3.25. The summed E-state index contributed by atoms with van der Waals surface area (Å²) in [5, 5.41) is 16.6. The van der Waals surface area contributed by atoms with Crippen molar-refractivity contribution in [3.63, 3.8) is 0 Å². The minimum atomic E-state index is -0.885. The van der Waals surface area contributed by atoms with Gasteiger partial charge in [0.2, 0.25) is 5.91 Å². The van der Waals surface area contributed by atoms with Gasteiger partial charge in [-0.2, -0.15) is 5.10 Å². The Bertz CT molecular complexity index is 1200. The molecule has 0 saturated heterocycles. The zero-order valence-corrected chi connectivity index (χ0v) is 21.2. The van der Waals surface area contributed by atoms with E-state index in [0.717, 1.165) is 47.5 Å². The first-order valence-electron chi connectivity index (χ1n) is 12.6. The summed E-state index contributed by atoms with van der Waals surface area (Å²) >= 11 is 0. The number of fused-ring (bicyclic) bond motifs is 1. The smallest absolute Gasteiger partial charge is 0.307 e. The number of carboxylic acid groups (broad SMARTS) is 1. The van der Waals surface area contributed by atoms with Crippen LogP contribution in [0.25, 0.3) is 0 Å². The highest BCUT2D eigenvalue weighted by Gasteiger charge is 2.17. The van der Waals surface area contributed by atoms with Crippen LogP contribution in [0.1, 0.15) is 41.5 Å². The molecule has 0 aliphatic carbocycles. The molecule has 9 nitrogen and oxygen atoms in total. The van der Waals surface area contributed by atoms with Gasteiger partial charge in [-0.3, -0.25) is 19.2 Å². The van der Waals surface area contributed by atoms with Gasteiger partial charge in [-0.15, -0.1) is 0 Å². The molecule has 0 spiro atoms. The van der Waals surface area contributed by atoms with Crippen molar-refractivity contribution in [2.75, 3.05) is 26.8 Å². The topological polar surface area (TPSA) is 106 Å². The molecule has 0 fully saturated rings. The van der Waals surface area contributed by atoms with Gasteiger partial charge in [0.05, 0.1) is 33.2 Å². The Labute approximate surface area is 217 Å². The Morgan fingerprint density at radius 3 is 2.76 bits per heavy atom. The molecule has 1 aliphatic rings. The number of aliphatic carboxylic acids is 1. The van der Waals surface area contributed by atoms with Gasteiger partial charge in [-0.1, -0.05) is 18.2 Å². The fraction of sp³-hybridized carbons (Fsp3) is 0.393. The highest BCUT2D eigenvalue weighted by molar-refractivity contribution is 5.78. The quantitative estimate of drug-likeness (QED) is 0.507. The third-order valence-electron chi connectivity index (χ3n) is 6.28. The second-order valence-electron chi connectivity index (χ2n) is 9.27. The van der Waals surface area contributed by atoms with E-state index in [1.165, 1.54) is 0 Å². The van der Waals surface area contributed by atoms with E-state index in [-0.39, 0.29) is 18.9 Å². The van der Waals surface area contributed by atoms with Gasteiger partial charge >= 0.3 is 5.97 Å². The Balaban J connectivity index is 1.62. The molecule has 1 aliphatic heterocycles. The van der Waals surface area contributed by atoms with E-state index < -0.39 is 5.97 Å². The van der Waals surface area contributed by atoms with Crippen molar-refractivity contribution in [2.24, 2.45) is 0 Å². The van der Waals surface area contributed by atoms with E-state index in [4.69, 9.17) is 9.47 Å². The summed E-state index contributed by atoms with van der Waals surface area (Å²) in [5.74, 6) is 0.588. The van der Waals surface area contributed by atoms with Crippen LogP contribution in [0.15, 0.2) is 54.9 Å². The number of hydrogen-bond donors (Lipinski definition) is 2. The molecule has 2 N–H and O–H groups in total. The summed E-state index contributed by atoms with van der Waals surface area (Å²) in [6.45, 7) is 2.96. The first kappa shape index (κ1) is 26.2. The zero-order valence-electron chi connectivity index (χ0n) is 21.2. The van der Waals surface area contributed by atoms with Crippen LogP contribution < -0.4 is 14.8 Å². The van der Waals surface area contributed by atoms with Crippen LogP contribution in [0.4, 0.5) is 0 Å². The van der Waals surface area contributed by atoms with Crippen LogP contribution in [-0.4, -0.2) is 58.5 Å². The van der Waals surface area contributed by atoms with Crippen LogP contribution >= 0.6 is 0 Å². The number of amides is 1. The van der Waals surface area contributed by atoms with Gasteiger partial charge in [-0.05, 0) is 54.7 Å². The number of nitrogens with one attached hydrogen (secondary N) is 1. The molecule has 0 bridgehead atoms. The van der Waals surface area contributed by atoms with Crippen molar-refractivity contribution in [3.05, 3.63) is 77.1 Å². The molecular formula is C28H34N4O5. The summed E-state index contributed by atoms with van der Waals surface area (Å²) in [6.07, 6.45) is 6.33. The van der Waals surface area contributed by atoms with Gasteiger partial charge < -0.3 is 19.9 Å². The summed E-state index contributed by atoms with van der Waals surface area (Å²) in [7, 11) is 1.65. The molecule has 9 heteroatoms. The number of carbonyl (C=O) groups excluding carboxylic acids is 1. The predicted molar refractivity (Wildman–Crippen MR) is 139 cm³/mol. The normalized spacial score (nSPS) is 15.3. The fourth-order valence-corrected chi connectivity index (χ4v) is 4.54. The molecule has 3 aromatic rings. The van der Waals surface area contributed by atoms with Crippen LogP contribution in [0.2, 0.25) is 0 Å². The average molecular weight is 507 g/mol. The lowest BCUT2D eigenvalue weighted by Gasteiger charge is -2.24. The highest BCUT2D eigenvalue weighted by Crippen LogP contribution is 2.26. The molecule has 1 amide bonds. The van der Waals surface area contributed by atoms with Crippen LogP contribution in [0.5, 0.6) is 11.5 Å². The molecule has 1 aromatic heterocycles. The van der Waals surface area contributed by atoms with Gasteiger partial charge in [0.25, 0.3) is 0 Å². The van der Waals surface area contributed by atoms with Crippen molar-refractivity contribution in [1.82, 2.24) is 20.0 Å². The first-order valence-corrected chi connectivity index (χ1v) is 12.6. The molecular weight excluding hydrogens is 472 g/mol. The summed E-state index contributed by atoms with van der Waals surface area (Å²) < 4.78 is 13.5. The zero-order chi connectivity index (χ0) is 26.0. The number of carboxylic acids is 1. The molecule has 196 valence electrons. The molecule has 0 saturated carbocycles. The number of ether oxygens (including phenoxy) is 2. The number of rotatable bonds is 7. The maximum atomic E-state index is 12.8. The van der Waals surface area contributed by atoms with Crippen LogP contribution in [0, 0.1) is 0 Å². The SMILES string of the molecule is COc1ccc(CN2CC(=O)NCCCCCOc3ccc(CC(=O)O)cc3C2)cc1Cn1cccn1. The van der Waals surface area contributed by atoms with Crippen LogP contribution in [0.3, 0.4) is 0 Å². The van der Waals surface area contributed by atoms with Gasteiger partial charge in [0, 0.05) is 43.2 Å². The Kier molecular flexibility index (Phi) is 9.15. The van der Waals surface area contributed by atoms with E-state index in [0.29, 0.717) is 38.3 Å². The van der Waals surface area contributed by atoms with E-state index in [2.05, 4.69) is 21.4 Å². The Hall–Kier alpha value is -3.85. The third kappa shape index (κ3) is 7.82. The van der Waals surface area contributed by atoms with E-state index >= 15 is 0 Å². The Morgan fingerprint density at radius 2 is 1.97 bits per heavy atom. The third-order valence-corrected chi connectivity index (χ3v) is 6.28. The summed E-state index contributed by atoms with van der Waals surface area (Å²) in [4.78, 5) is 26.2. The largest absolute Gasteiger partial charge is 0.496 e. The molecule has 0 unspecified atom stereocenters. The van der Waals surface area contributed by atoms with Gasteiger partial charge in [-0.25, -0.2) is 0 Å². The second-order valence-corrected chi connectivity index (χ2v) is 9.27. The monoisotopic (exact) mass is 506 g/mol. The molecule has 4 rings (SSSR count). The van der Waals surface area contributed by atoms with Crippen molar-refractivity contribution in [1.29, 1.82) is 0 Å². The lowest BCUT2D eigenvalue weighted by Crippen LogP contribution is -2.37. The minimum Gasteiger partial charge on any atom is -0.496 e. The molecule has 0 radical (unpaired) electrons. The van der Waals surface area contributed by atoms with E-state index in [1.807, 2.05) is 41.2 Å². The maximum absolute atomic E-state index is 12.8. The van der Waals surface area contributed by atoms with Crippen molar-refractivity contribution < 1.29 is 24.2 Å². The van der Waals surface area contributed by atoms with Crippen molar-refractivity contribution in [3.8, 4) is 11.5 Å². The number of benzene rings is 2. The van der Waals surface area contributed by atoms with Crippen LogP contribution in [-0.2, 0) is 35.6 Å². The lowest BCUT2D eigenvalue weighted by atomic mass is 10.1. The molecule has 2 heterocycles. The number of nitrogens with zero attached hydrogens (tertiary/aromatic N) is 3. The number of carbonyl (C=O) groups is 2. The molecule has 0 atom stereocenters. The second kappa shape index (κ2) is 12.9. The van der Waals surface area contributed by atoms with Crippen molar-refractivity contribution >= 4 is 11.9 Å². The minimum absolute atomic E-state index is 0.0336. The maximum Gasteiger partial charge on any atom is 0.307 e. The number of aromatic nitrogens is 2. The van der Waals surface area contributed by atoms with Gasteiger partial charge in [0.1, 0.15) is 11.5 Å². The summed E-state index contributed by atoms with van der Waals surface area (Å²) in [5.41, 5.74) is 3.60. The Morgan fingerprint density at radius 1 is 1.11 bits per heavy atom.